The molecule has 0 bridgehead atoms. The SMILES string of the molecule is O=C(OCc1nc(-c2cccs2)no1)c1cc2c(F)cccc2s1. The summed E-state index contributed by atoms with van der Waals surface area (Å²) >= 11 is 2.67. The normalized spacial score (nSPS) is 11.0. The van der Waals surface area contributed by atoms with Crippen LogP contribution < -0.4 is 0 Å². The Balaban J connectivity index is 1.47. The van der Waals surface area contributed by atoms with Gasteiger partial charge in [-0.1, -0.05) is 17.3 Å². The van der Waals surface area contributed by atoms with Crippen LogP contribution in [-0.4, -0.2) is 16.1 Å². The number of ether oxygens (including phenoxy) is 1. The average Bonchev–Trinajstić information content (AvgIpc) is 3.31. The molecule has 0 saturated heterocycles. The lowest BCUT2D eigenvalue weighted by Crippen LogP contribution is -2.03. The van der Waals surface area contributed by atoms with E-state index < -0.39 is 5.97 Å². The number of carbonyl (C=O) groups is 1. The standard InChI is InChI=1S/C16H9FN2O3S2/c17-10-3-1-4-11-9(10)7-13(24-11)16(20)21-8-14-18-15(19-22-14)12-5-2-6-23-12/h1-7H,8H2. The van der Waals surface area contributed by atoms with Gasteiger partial charge in [0.2, 0.25) is 5.82 Å². The van der Waals surface area contributed by atoms with Gasteiger partial charge in [-0.25, -0.2) is 9.18 Å². The topological polar surface area (TPSA) is 65.2 Å². The molecule has 1 aromatic carbocycles. The van der Waals surface area contributed by atoms with Crippen molar-refractivity contribution in [1.29, 1.82) is 0 Å². The van der Waals surface area contributed by atoms with Crippen LogP contribution >= 0.6 is 22.7 Å². The lowest BCUT2D eigenvalue weighted by atomic mass is 10.2. The lowest BCUT2D eigenvalue weighted by molar-refractivity contribution is 0.0435. The van der Waals surface area contributed by atoms with E-state index in [1.165, 1.54) is 34.8 Å². The molecule has 0 atom stereocenters. The number of benzene rings is 1. The highest BCUT2D eigenvalue weighted by Crippen LogP contribution is 2.28. The van der Waals surface area contributed by atoms with Crippen LogP contribution in [0.4, 0.5) is 4.39 Å². The first kappa shape index (κ1) is 15.0. The van der Waals surface area contributed by atoms with Gasteiger partial charge in [0.05, 0.1) is 4.88 Å². The van der Waals surface area contributed by atoms with E-state index in [9.17, 15) is 9.18 Å². The second-order valence-corrected chi connectivity index (χ2v) is 6.86. The second kappa shape index (κ2) is 6.14. The number of esters is 1. The first-order chi connectivity index (χ1) is 11.7. The van der Waals surface area contributed by atoms with Crippen LogP contribution in [0.15, 0.2) is 46.3 Å². The Morgan fingerprint density at radius 2 is 2.21 bits per heavy atom. The van der Waals surface area contributed by atoms with Gasteiger partial charge in [-0.3, -0.25) is 0 Å². The summed E-state index contributed by atoms with van der Waals surface area (Å²) in [5.74, 6) is -0.245. The Morgan fingerprint density at radius 3 is 3.00 bits per heavy atom. The van der Waals surface area contributed by atoms with Gasteiger partial charge >= 0.3 is 5.97 Å². The zero-order valence-electron chi connectivity index (χ0n) is 12.1. The van der Waals surface area contributed by atoms with E-state index in [4.69, 9.17) is 9.26 Å². The number of rotatable bonds is 4. The van der Waals surface area contributed by atoms with Crippen LogP contribution in [-0.2, 0) is 11.3 Å². The quantitative estimate of drug-likeness (QED) is 0.501. The van der Waals surface area contributed by atoms with Gasteiger partial charge in [-0.05, 0) is 29.6 Å². The van der Waals surface area contributed by atoms with Crippen LogP contribution in [0.25, 0.3) is 20.8 Å². The van der Waals surface area contributed by atoms with Crippen molar-refractivity contribution in [2.45, 2.75) is 6.61 Å². The minimum absolute atomic E-state index is 0.131. The molecule has 3 heterocycles. The van der Waals surface area contributed by atoms with Gasteiger partial charge in [-0.2, -0.15) is 4.98 Å². The fourth-order valence-corrected chi connectivity index (χ4v) is 3.76. The van der Waals surface area contributed by atoms with E-state index in [0.717, 1.165) is 4.88 Å². The molecule has 0 N–H and O–H groups in total. The third-order valence-corrected chi connectivity index (χ3v) is 5.19. The van der Waals surface area contributed by atoms with Crippen molar-refractivity contribution in [3.05, 3.63) is 58.4 Å². The van der Waals surface area contributed by atoms with E-state index in [0.29, 0.717) is 20.8 Å². The number of thiophene rings is 2. The maximum atomic E-state index is 13.7. The largest absolute Gasteiger partial charge is 0.451 e. The second-order valence-electron chi connectivity index (χ2n) is 4.83. The van der Waals surface area contributed by atoms with Crippen LogP contribution in [0.5, 0.6) is 0 Å². The van der Waals surface area contributed by atoms with Crippen LogP contribution in [0.2, 0.25) is 0 Å². The Morgan fingerprint density at radius 1 is 1.29 bits per heavy atom. The molecule has 0 aliphatic rings. The van der Waals surface area contributed by atoms with Crippen molar-refractivity contribution in [3.63, 3.8) is 0 Å². The summed E-state index contributed by atoms with van der Waals surface area (Å²) in [5, 5.41) is 6.16. The van der Waals surface area contributed by atoms with Crippen molar-refractivity contribution in [2.24, 2.45) is 0 Å². The summed E-state index contributed by atoms with van der Waals surface area (Å²) in [4.78, 5) is 17.5. The smallest absolute Gasteiger partial charge is 0.348 e. The molecule has 0 amide bonds. The average molecular weight is 360 g/mol. The van der Waals surface area contributed by atoms with Crippen molar-refractivity contribution in [3.8, 4) is 10.7 Å². The van der Waals surface area contributed by atoms with Gasteiger partial charge in [0, 0.05) is 10.1 Å². The third kappa shape index (κ3) is 2.81. The van der Waals surface area contributed by atoms with E-state index in [1.807, 2.05) is 17.5 Å². The van der Waals surface area contributed by atoms with Crippen LogP contribution in [0, 0.1) is 5.82 Å². The number of halogens is 1. The zero-order chi connectivity index (χ0) is 16.5. The summed E-state index contributed by atoms with van der Waals surface area (Å²) in [7, 11) is 0. The Hall–Kier alpha value is -2.58. The summed E-state index contributed by atoms with van der Waals surface area (Å²) < 4.78 is 24.6. The van der Waals surface area contributed by atoms with E-state index in [2.05, 4.69) is 10.1 Å². The number of carbonyl (C=O) groups excluding carboxylic acids is 1. The monoisotopic (exact) mass is 360 g/mol. The maximum absolute atomic E-state index is 13.7. The van der Waals surface area contributed by atoms with E-state index in [1.54, 1.807) is 12.1 Å². The summed E-state index contributed by atoms with van der Waals surface area (Å²) in [5.41, 5.74) is 0. The molecule has 120 valence electrons. The van der Waals surface area contributed by atoms with Crippen LogP contribution in [0.1, 0.15) is 15.6 Å². The van der Waals surface area contributed by atoms with Gasteiger partial charge in [0.25, 0.3) is 5.89 Å². The Kier molecular flexibility index (Phi) is 3.83. The molecular weight excluding hydrogens is 351 g/mol. The number of hydrogen-bond acceptors (Lipinski definition) is 7. The first-order valence-electron chi connectivity index (χ1n) is 6.92. The third-order valence-electron chi connectivity index (χ3n) is 3.25. The molecule has 5 nitrogen and oxygen atoms in total. The summed E-state index contributed by atoms with van der Waals surface area (Å²) in [6, 6.07) is 9.96. The molecule has 0 unspecified atom stereocenters. The highest BCUT2D eigenvalue weighted by atomic mass is 32.1. The fraction of sp³-hybridized carbons (Fsp3) is 0.0625. The summed E-state index contributed by atoms with van der Waals surface area (Å²) in [6.45, 7) is -0.131. The van der Waals surface area contributed by atoms with Gasteiger partial charge in [-0.15, -0.1) is 22.7 Å². The minimum Gasteiger partial charge on any atom is -0.451 e. The molecule has 0 aliphatic heterocycles. The Labute approximate surface area is 143 Å². The van der Waals surface area contributed by atoms with Crippen molar-refractivity contribution in [1.82, 2.24) is 10.1 Å². The predicted molar refractivity (Wildman–Crippen MR) is 88.5 cm³/mol. The number of fused-ring (bicyclic) bond motifs is 1. The number of nitrogens with zero attached hydrogens (tertiary/aromatic N) is 2. The van der Waals surface area contributed by atoms with Gasteiger partial charge < -0.3 is 9.26 Å². The van der Waals surface area contributed by atoms with Crippen molar-refractivity contribution >= 4 is 38.7 Å². The van der Waals surface area contributed by atoms with E-state index >= 15 is 0 Å². The van der Waals surface area contributed by atoms with Crippen molar-refractivity contribution in [2.75, 3.05) is 0 Å². The molecular formula is C16H9FN2O3S2. The lowest BCUT2D eigenvalue weighted by Gasteiger charge is -1.98. The molecule has 0 fully saturated rings. The number of aromatic nitrogens is 2. The fourth-order valence-electron chi connectivity index (χ4n) is 2.14. The van der Waals surface area contributed by atoms with Crippen molar-refractivity contribution < 1.29 is 18.4 Å². The molecule has 4 rings (SSSR count). The molecule has 0 aliphatic carbocycles. The van der Waals surface area contributed by atoms with Gasteiger partial charge in [0.15, 0.2) is 6.61 Å². The predicted octanol–water partition coefficient (Wildman–Crippen LogP) is 4.51. The molecule has 4 aromatic rings. The molecule has 0 spiro atoms. The highest BCUT2D eigenvalue weighted by molar-refractivity contribution is 7.20. The van der Waals surface area contributed by atoms with Gasteiger partial charge in [0.1, 0.15) is 10.7 Å². The molecule has 3 aromatic heterocycles. The summed E-state index contributed by atoms with van der Waals surface area (Å²) in [6.07, 6.45) is 0. The maximum Gasteiger partial charge on any atom is 0.348 e. The first-order valence-corrected chi connectivity index (χ1v) is 8.62. The Bertz CT molecular complexity index is 1010. The highest BCUT2D eigenvalue weighted by Gasteiger charge is 2.16. The molecule has 24 heavy (non-hydrogen) atoms. The zero-order valence-corrected chi connectivity index (χ0v) is 13.7. The van der Waals surface area contributed by atoms with E-state index in [-0.39, 0.29) is 18.3 Å². The molecule has 8 heteroatoms. The minimum atomic E-state index is -0.550. The van der Waals surface area contributed by atoms with Crippen LogP contribution in [0.3, 0.4) is 0 Å². The molecule has 0 saturated carbocycles. The molecule has 0 radical (unpaired) electrons. The number of hydrogen-bond donors (Lipinski definition) is 0.